The van der Waals surface area contributed by atoms with Gasteiger partial charge in [-0.2, -0.15) is 0 Å². The smallest absolute Gasteiger partial charge is 0.658 e. The monoisotopic (exact) mass is 392 g/mol. The summed E-state index contributed by atoms with van der Waals surface area (Å²) >= 11 is 0. The van der Waals surface area contributed by atoms with Gasteiger partial charge >= 0.3 is 17.1 Å². The molecule has 0 aromatic carbocycles. The molecule has 0 radical (unpaired) electrons. The van der Waals surface area contributed by atoms with Gasteiger partial charge in [0.1, 0.15) is 0 Å². The van der Waals surface area contributed by atoms with Crippen molar-refractivity contribution in [1.82, 2.24) is 4.90 Å². The molecule has 0 aliphatic carbocycles. The fourth-order valence-corrected chi connectivity index (χ4v) is 3.87. The first-order valence-electron chi connectivity index (χ1n) is 9.49. The molecule has 5 nitrogen and oxygen atoms in total. The number of rotatable bonds is 6. The second-order valence-corrected chi connectivity index (χ2v) is 7.06. The molecule has 0 aromatic rings. The maximum atomic E-state index is 6.25. The molecule has 3 aliphatic heterocycles. The molecule has 0 aromatic heterocycles. The SMILES string of the molecule is C1=CCC(CN(CC2CCCC[N-]2)CC2CCCC[N-]2)[N-]C1.[C-]#N.[Cu+]. The van der Waals surface area contributed by atoms with Gasteiger partial charge in [0.2, 0.25) is 0 Å². The van der Waals surface area contributed by atoms with Gasteiger partial charge in [0, 0.05) is 0 Å². The zero-order valence-electron chi connectivity index (χ0n) is 15.1. The minimum atomic E-state index is 0. The summed E-state index contributed by atoms with van der Waals surface area (Å²) in [5, 5.41) is 20.7. The van der Waals surface area contributed by atoms with Crippen molar-refractivity contribution >= 4 is 0 Å². The Balaban J connectivity index is 0.00000101. The number of nitrogens with zero attached hydrogens (tertiary/aromatic N) is 5. The molecule has 0 bridgehead atoms. The van der Waals surface area contributed by atoms with Gasteiger partial charge in [-0.25, -0.2) is 0 Å². The van der Waals surface area contributed by atoms with Gasteiger partial charge in [0.25, 0.3) is 0 Å². The molecule has 3 aliphatic rings. The zero-order chi connectivity index (χ0) is 17.0. The Bertz CT molecular complexity index is 355. The molecule has 0 amide bonds. The Hall–Kier alpha value is -0.411. The Kier molecular flexibility index (Phi) is 12.4. The Morgan fingerprint density at radius 2 is 1.36 bits per heavy atom. The van der Waals surface area contributed by atoms with E-state index in [1.807, 2.05) is 0 Å². The topological polar surface area (TPSA) is 69.3 Å². The number of hydrogen-bond acceptors (Lipinski definition) is 2. The fraction of sp³-hybridized carbons (Fsp3) is 0.842. The summed E-state index contributed by atoms with van der Waals surface area (Å²) in [5.41, 5.74) is 0. The van der Waals surface area contributed by atoms with Gasteiger partial charge in [-0.3, -0.25) is 0 Å². The molecule has 25 heavy (non-hydrogen) atoms. The maximum Gasteiger partial charge on any atom is 1.00 e. The van der Waals surface area contributed by atoms with E-state index in [-0.39, 0.29) is 17.1 Å². The second kappa shape index (κ2) is 13.7. The van der Waals surface area contributed by atoms with Crippen LogP contribution in [-0.2, 0) is 17.1 Å². The predicted octanol–water partition coefficient (Wildman–Crippen LogP) is 3.94. The average molecular weight is 393 g/mol. The summed E-state index contributed by atoms with van der Waals surface area (Å²) in [7, 11) is 0. The second-order valence-electron chi connectivity index (χ2n) is 7.06. The zero-order valence-corrected chi connectivity index (χ0v) is 16.1. The Morgan fingerprint density at radius 1 is 0.800 bits per heavy atom. The van der Waals surface area contributed by atoms with E-state index in [1.165, 1.54) is 38.5 Å². The fourth-order valence-electron chi connectivity index (χ4n) is 3.87. The third-order valence-corrected chi connectivity index (χ3v) is 5.12. The van der Waals surface area contributed by atoms with E-state index in [0.717, 1.165) is 45.7 Å². The first kappa shape index (κ1) is 22.6. The molecule has 2 saturated heterocycles. The average Bonchev–Trinajstić information content (AvgIpc) is 2.66. The predicted molar refractivity (Wildman–Crippen MR) is 98.9 cm³/mol. The maximum absolute atomic E-state index is 6.25. The molecular formula is C19H31CuN5-3. The van der Waals surface area contributed by atoms with Crippen LogP contribution in [0.3, 0.4) is 0 Å². The number of piperidine rings is 2. The molecule has 0 saturated carbocycles. The molecule has 0 N–H and O–H groups in total. The van der Waals surface area contributed by atoms with Crippen molar-refractivity contribution in [3.63, 3.8) is 0 Å². The van der Waals surface area contributed by atoms with Gasteiger partial charge in [-0.1, -0.05) is 51.0 Å². The Labute approximate surface area is 164 Å². The van der Waals surface area contributed by atoms with Crippen molar-refractivity contribution in [3.05, 3.63) is 34.7 Å². The summed E-state index contributed by atoms with van der Waals surface area (Å²) in [5.74, 6) is 0. The first-order valence-corrected chi connectivity index (χ1v) is 9.49. The van der Waals surface area contributed by atoms with Crippen molar-refractivity contribution in [2.75, 3.05) is 39.3 Å². The molecule has 3 unspecified atom stereocenters. The normalized spacial score (nSPS) is 29.3. The van der Waals surface area contributed by atoms with Gasteiger partial charge in [-0.15, -0.1) is 43.8 Å². The summed E-state index contributed by atoms with van der Waals surface area (Å²) in [6.07, 6.45) is 13.4. The van der Waals surface area contributed by atoms with Crippen LogP contribution >= 0.6 is 0 Å². The molecule has 2 fully saturated rings. The van der Waals surface area contributed by atoms with Crippen LogP contribution in [0.4, 0.5) is 0 Å². The van der Waals surface area contributed by atoms with Gasteiger partial charge < -0.3 is 32.7 Å². The van der Waals surface area contributed by atoms with Crippen molar-refractivity contribution in [2.24, 2.45) is 0 Å². The van der Waals surface area contributed by atoms with E-state index in [9.17, 15) is 0 Å². The van der Waals surface area contributed by atoms with E-state index >= 15 is 0 Å². The molecule has 3 rings (SSSR count). The van der Waals surface area contributed by atoms with Crippen molar-refractivity contribution in [3.8, 4) is 0 Å². The van der Waals surface area contributed by atoms with Crippen LogP contribution in [0, 0.1) is 11.8 Å². The van der Waals surface area contributed by atoms with Crippen LogP contribution in [0.25, 0.3) is 16.0 Å². The van der Waals surface area contributed by atoms with E-state index in [2.05, 4.69) is 17.1 Å². The van der Waals surface area contributed by atoms with E-state index in [0.29, 0.717) is 18.1 Å². The minimum absolute atomic E-state index is 0. The first-order chi connectivity index (χ1) is 11.9. The van der Waals surface area contributed by atoms with Crippen LogP contribution in [-0.4, -0.2) is 62.3 Å². The summed E-state index contributed by atoms with van der Waals surface area (Å²) in [4.78, 5) is 2.63. The molecular weight excluding hydrogens is 362 g/mol. The largest absolute Gasteiger partial charge is 1.00 e. The standard InChI is InChI=1S/C18H31N4.CN.Cu/c1-4-10-19-16(7-1)13-22(14-17-8-2-5-11-20-17)15-18-9-3-6-12-21-18;1-2;/h1,4,16-18H,2-3,5-15H2;;/q-3;-1;+1. The van der Waals surface area contributed by atoms with E-state index < -0.39 is 0 Å². The summed E-state index contributed by atoms with van der Waals surface area (Å²) < 4.78 is 0. The summed E-state index contributed by atoms with van der Waals surface area (Å²) in [6, 6.07) is 1.59. The molecule has 3 atom stereocenters. The van der Waals surface area contributed by atoms with Crippen LogP contribution in [0.1, 0.15) is 44.9 Å². The minimum Gasteiger partial charge on any atom is -0.658 e. The van der Waals surface area contributed by atoms with Crippen molar-refractivity contribution in [2.45, 2.75) is 63.1 Å². The van der Waals surface area contributed by atoms with Crippen LogP contribution in [0.2, 0.25) is 0 Å². The van der Waals surface area contributed by atoms with Crippen molar-refractivity contribution in [1.29, 1.82) is 5.26 Å². The van der Waals surface area contributed by atoms with E-state index in [4.69, 9.17) is 27.8 Å². The van der Waals surface area contributed by atoms with Crippen LogP contribution < -0.4 is 0 Å². The van der Waals surface area contributed by atoms with Gasteiger partial charge in [-0.05, 0) is 19.6 Å². The quantitative estimate of drug-likeness (QED) is 0.390. The molecule has 146 valence electrons. The third kappa shape index (κ3) is 8.68. The van der Waals surface area contributed by atoms with Crippen LogP contribution in [0.15, 0.2) is 12.2 Å². The molecule has 6 heteroatoms. The number of hydrogen-bond donors (Lipinski definition) is 0. The Morgan fingerprint density at radius 3 is 1.80 bits per heavy atom. The van der Waals surface area contributed by atoms with Crippen LogP contribution in [0.5, 0.6) is 0 Å². The van der Waals surface area contributed by atoms with Gasteiger partial charge in [0.05, 0.1) is 0 Å². The van der Waals surface area contributed by atoms with Crippen molar-refractivity contribution < 1.29 is 17.1 Å². The molecule has 3 heterocycles. The van der Waals surface area contributed by atoms with E-state index in [1.54, 1.807) is 0 Å². The third-order valence-electron chi connectivity index (χ3n) is 5.12. The van der Waals surface area contributed by atoms with Gasteiger partial charge in [0.15, 0.2) is 0 Å². The molecule has 0 spiro atoms. The summed E-state index contributed by atoms with van der Waals surface area (Å²) in [6.45, 7) is 11.2.